The fourth-order valence-electron chi connectivity index (χ4n) is 1.51. The third kappa shape index (κ3) is 11.6. The molecule has 0 heterocycles. The first kappa shape index (κ1) is 21.4. The first-order valence-electron chi connectivity index (χ1n) is 7.32. The van der Waals surface area contributed by atoms with E-state index in [1.165, 1.54) is 6.92 Å². The van der Waals surface area contributed by atoms with Gasteiger partial charge in [-0.1, -0.05) is 19.9 Å². The highest BCUT2D eigenvalue weighted by atomic mass is 17.2. The van der Waals surface area contributed by atoms with Gasteiger partial charge in [0.2, 0.25) is 6.29 Å². The normalized spacial score (nSPS) is 12.5. The highest BCUT2D eigenvalue weighted by molar-refractivity contribution is 5.86. The van der Waals surface area contributed by atoms with Gasteiger partial charge in [-0.3, -0.25) is 0 Å². The SMILES string of the molecule is C=C(C)C(=O)OCCOC(COC(=O)O)OOC(C)(C)CCC. The molecule has 0 saturated carbocycles. The largest absolute Gasteiger partial charge is 0.505 e. The summed E-state index contributed by atoms with van der Waals surface area (Å²) in [6.07, 6.45) is -0.880. The summed E-state index contributed by atoms with van der Waals surface area (Å²) >= 11 is 0. The number of ether oxygens (including phenoxy) is 3. The number of hydrogen-bond donors (Lipinski definition) is 1. The maximum atomic E-state index is 11.2. The Balaban J connectivity index is 4.26. The molecule has 134 valence electrons. The van der Waals surface area contributed by atoms with E-state index in [0.717, 1.165) is 12.8 Å². The van der Waals surface area contributed by atoms with Crippen molar-refractivity contribution in [2.24, 2.45) is 0 Å². The van der Waals surface area contributed by atoms with Crippen molar-refractivity contribution in [1.82, 2.24) is 0 Å². The number of carbonyl (C=O) groups is 2. The maximum Gasteiger partial charge on any atom is 0.505 e. The Labute approximate surface area is 136 Å². The lowest BCUT2D eigenvalue weighted by Gasteiger charge is -2.26. The highest BCUT2D eigenvalue weighted by Gasteiger charge is 2.23. The van der Waals surface area contributed by atoms with Gasteiger partial charge in [-0.05, 0) is 27.2 Å². The molecule has 0 radical (unpaired) electrons. The summed E-state index contributed by atoms with van der Waals surface area (Å²) in [7, 11) is 0. The van der Waals surface area contributed by atoms with Gasteiger partial charge in [-0.25, -0.2) is 19.4 Å². The summed E-state index contributed by atoms with van der Waals surface area (Å²) in [4.78, 5) is 32.0. The fraction of sp³-hybridized carbons (Fsp3) is 0.733. The topological polar surface area (TPSA) is 101 Å². The Hall–Kier alpha value is -1.64. The minimum Gasteiger partial charge on any atom is -0.460 e. The van der Waals surface area contributed by atoms with Crippen molar-refractivity contribution in [1.29, 1.82) is 0 Å². The summed E-state index contributed by atoms with van der Waals surface area (Å²) in [6.45, 7) is 10.2. The first-order valence-corrected chi connectivity index (χ1v) is 7.32. The summed E-state index contributed by atoms with van der Waals surface area (Å²) in [5.74, 6) is -0.534. The third-order valence-electron chi connectivity index (χ3n) is 2.54. The van der Waals surface area contributed by atoms with Crippen molar-refractivity contribution in [3.05, 3.63) is 12.2 Å². The van der Waals surface area contributed by atoms with Gasteiger partial charge in [-0.15, -0.1) is 0 Å². The second-order valence-electron chi connectivity index (χ2n) is 5.48. The summed E-state index contributed by atoms with van der Waals surface area (Å²) in [5, 5.41) is 8.53. The van der Waals surface area contributed by atoms with Crippen molar-refractivity contribution in [2.45, 2.75) is 52.4 Å². The standard InChI is InChI=1S/C15H26O8/c1-6-7-15(4,5)23-22-12(10-21-14(17)18)19-8-9-20-13(16)11(2)3/h12H,2,6-10H2,1,3-5H3,(H,17,18). The van der Waals surface area contributed by atoms with Gasteiger partial charge in [0.05, 0.1) is 12.2 Å². The quantitative estimate of drug-likeness (QED) is 0.145. The van der Waals surface area contributed by atoms with Gasteiger partial charge < -0.3 is 19.3 Å². The molecule has 0 fully saturated rings. The summed E-state index contributed by atoms with van der Waals surface area (Å²) in [5.41, 5.74) is -0.275. The Bertz CT molecular complexity index is 391. The van der Waals surface area contributed by atoms with Crippen molar-refractivity contribution in [3.63, 3.8) is 0 Å². The van der Waals surface area contributed by atoms with Crippen LogP contribution in [0.25, 0.3) is 0 Å². The van der Waals surface area contributed by atoms with Crippen molar-refractivity contribution in [3.8, 4) is 0 Å². The zero-order valence-electron chi connectivity index (χ0n) is 14.1. The molecule has 8 heteroatoms. The van der Waals surface area contributed by atoms with E-state index in [0.29, 0.717) is 0 Å². The third-order valence-corrected chi connectivity index (χ3v) is 2.54. The minimum absolute atomic E-state index is 0.00969. The van der Waals surface area contributed by atoms with Crippen LogP contribution in [-0.2, 0) is 28.8 Å². The molecule has 0 amide bonds. The van der Waals surface area contributed by atoms with Gasteiger partial charge in [0, 0.05) is 5.57 Å². The molecule has 0 aliphatic carbocycles. The van der Waals surface area contributed by atoms with Crippen LogP contribution in [0.2, 0.25) is 0 Å². The predicted molar refractivity (Wildman–Crippen MR) is 80.6 cm³/mol. The Morgan fingerprint density at radius 3 is 2.39 bits per heavy atom. The van der Waals surface area contributed by atoms with Crippen LogP contribution in [0.1, 0.15) is 40.5 Å². The second-order valence-corrected chi connectivity index (χ2v) is 5.48. The van der Waals surface area contributed by atoms with Crippen LogP contribution in [0.5, 0.6) is 0 Å². The van der Waals surface area contributed by atoms with Gasteiger partial charge in [0.25, 0.3) is 0 Å². The minimum atomic E-state index is -1.45. The number of carbonyl (C=O) groups excluding carboxylic acids is 1. The molecule has 0 aromatic heterocycles. The van der Waals surface area contributed by atoms with Crippen molar-refractivity contribution >= 4 is 12.1 Å². The van der Waals surface area contributed by atoms with Crippen molar-refractivity contribution in [2.75, 3.05) is 19.8 Å². The zero-order chi connectivity index (χ0) is 17.9. The van der Waals surface area contributed by atoms with E-state index in [-0.39, 0.29) is 25.4 Å². The number of hydrogen-bond acceptors (Lipinski definition) is 7. The van der Waals surface area contributed by atoms with E-state index < -0.39 is 24.0 Å². The van der Waals surface area contributed by atoms with Gasteiger partial charge >= 0.3 is 12.1 Å². The zero-order valence-corrected chi connectivity index (χ0v) is 14.1. The summed E-state index contributed by atoms with van der Waals surface area (Å²) in [6, 6.07) is 0. The fourth-order valence-corrected chi connectivity index (χ4v) is 1.51. The van der Waals surface area contributed by atoms with E-state index in [1.807, 2.05) is 20.8 Å². The molecule has 0 aliphatic rings. The van der Waals surface area contributed by atoms with Crippen LogP contribution in [0.4, 0.5) is 4.79 Å². The molecule has 0 spiro atoms. The second kappa shape index (κ2) is 11.0. The molecule has 1 atom stereocenters. The molecule has 0 aromatic carbocycles. The van der Waals surface area contributed by atoms with Gasteiger partial charge in [0.1, 0.15) is 13.2 Å². The molecule has 8 nitrogen and oxygen atoms in total. The van der Waals surface area contributed by atoms with Crippen LogP contribution >= 0.6 is 0 Å². The number of esters is 1. The van der Waals surface area contributed by atoms with E-state index >= 15 is 0 Å². The molecule has 0 saturated heterocycles. The average Bonchev–Trinajstić information content (AvgIpc) is 2.44. The molecular formula is C15H26O8. The van der Waals surface area contributed by atoms with Gasteiger partial charge in [0.15, 0.2) is 0 Å². The van der Waals surface area contributed by atoms with Crippen LogP contribution in [0.3, 0.4) is 0 Å². The highest BCUT2D eigenvalue weighted by Crippen LogP contribution is 2.18. The van der Waals surface area contributed by atoms with E-state index in [4.69, 9.17) is 24.4 Å². The molecule has 1 unspecified atom stereocenters. The van der Waals surface area contributed by atoms with E-state index in [9.17, 15) is 9.59 Å². The van der Waals surface area contributed by atoms with Crippen LogP contribution in [0.15, 0.2) is 12.2 Å². The lowest BCUT2D eigenvalue weighted by molar-refractivity contribution is -0.423. The Morgan fingerprint density at radius 1 is 1.22 bits per heavy atom. The van der Waals surface area contributed by atoms with Gasteiger partial charge in [-0.2, -0.15) is 0 Å². The number of carboxylic acid groups (broad SMARTS) is 1. The monoisotopic (exact) mass is 334 g/mol. The van der Waals surface area contributed by atoms with Crippen LogP contribution in [0, 0.1) is 0 Å². The lowest BCUT2D eigenvalue weighted by Crippen LogP contribution is -2.32. The molecular weight excluding hydrogens is 308 g/mol. The van der Waals surface area contributed by atoms with Crippen LogP contribution < -0.4 is 0 Å². The summed E-state index contributed by atoms with van der Waals surface area (Å²) < 4.78 is 14.5. The molecule has 0 aromatic rings. The molecule has 0 aliphatic heterocycles. The Kier molecular flexibility index (Phi) is 10.2. The van der Waals surface area contributed by atoms with Crippen LogP contribution in [-0.4, -0.2) is 48.9 Å². The molecule has 0 bridgehead atoms. The molecule has 23 heavy (non-hydrogen) atoms. The lowest BCUT2D eigenvalue weighted by atomic mass is 10.0. The predicted octanol–water partition coefficient (Wildman–Crippen LogP) is 2.67. The first-order chi connectivity index (χ1) is 10.7. The van der Waals surface area contributed by atoms with Crippen molar-refractivity contribution < 1.29 is 38.7 Å². The molecule has 0 rings (SSSR count). The smallest absolute Gasteiger partial charge is 0.460 e. The average molecular weight is 334 g/mol. The Morgan fingerprint density at radius 2 is 1.87 bits per heavy atom. The molecule has 1 N–H and O–H groups in total. The number of rotatable bonds is 12. The van der Waals surface area contributed by atoms with E-state index in [1.54, 1.807) is 0 Å². The maximum absolute atomic E-state index is 11.2. The van der Waals surface area contributed by atoms with E-state index in [2.05, 4.69) is 11.3 Å².